The Morgan fingerprint density at radius 3 is 2.90 bits per heavy atom. The Balaban J connectivity index is 2.33. The highest BCUT2D eigenvalue weighted by Gasteiger charge is 2.24. The third-order valence-electron chi connectivity index (χ3n) is 2.12. The van der Waals surface area contributed by atoms with Gasteiger partial charge in [-0.1, -0.05) is 6.92 Å². The minimum Gasteiger partial charge on any atom is -0.325 e. The fourth-order valence-corrected chi connectivity index (χ4v) is 1.27. The van der Waals surface area contributed by atoms with Gasteiger partial charge in [0.1, 0.15) is 6.17 Å². The van der Waals surface area contributed by atoms with Gasteiger partial charge in [-0.05, 0) is 19.5 Å². The van der Waals surface area contributed by atoms with E-state index in [9.17, 15) is 4.39 Å². The van der Waals surface area contributed by atoms with Crippen molar-refractivity contribution in [2.75, 3.05) is 19.6 Å². The number of nitrogens with two attached hydrogens (primary N) is 1. The van der Waals surface area contributed by atoms with Gasteiger partial charge in [-0.3, -0.25) is 0 Å². The Bertz CT molecular complexity index is 108. The van der Waals surface area contributed by atoms with E-state index < -0.39 is 6.17 Å². The maximum absolute atomic E-state index is 12.8. The summed E-state index contributed by atoms with van der Waals surface area (Å²) in [6, 6.07) is -0.220. The van der Waals surface area contributed by atoms with Crippen molar-refractivity contribution in [1.82, 2.24) is 4.90 Å². The smallest absolute Gasteiger partial charge is 0.128 e. The van der Waals surface area contributed by atoms with Crippen LogP contribution < -0.4 is 5.73 Å². The van der Waals surface area contributed by atoms with E-state index in [0.717, 1.165) is 19.5 Å². The number of nitrogens with zero attached hydrogens (tertiary/aromatic N) is 1. The predicted molar refractivity (Wildman–Crippen MR) is 39.6 cm³/mol. The molecular weight excluding hydrogens is 131 g/mol. The number of hydrogen-bond donors (Lipinski definition) is 1. The second kappa shape index (κ2) is 3.30. The first-order chi connectivity index (χ1) is 4.74. The number of alkyl halides is 1. The minimum atomic E-state index is -0.811. The average Bonchev–Trinajstić information content (AvgIpc) is 1.95. The zero-order chi connectivity index (χ0) is 7.56. The summed E-state index contributed by atoms with van der Waals surface area (Å²) < 4.78 is 12.8. The lowest BCUT2D eigenvalue weighted by atomic mass is 10.0. The summed E-state index contributed by atoms with van der Waals surface area (Å²) in [4.78, 5) is 2.09. The lowest BCUT2D eigenvalue weighted by Crippen LogP contribution is -2.48. The van der Waals surface area contributed by atoms with Crippen molar-refractivity contribution in [2.24, 2.45) is 5.73 Å². The quantitative estimate of drug-likeness (QED) is 0.579. The molecule has 1 fully saturated rings. The maximum atomic E-state index is 12.8. The first-order valence-electron chi connectivity index (χ1n) is 3.86. The second-order valence-electron chi connectivity index (χ2n) is 2.86. The van der Waals surface area contributed by atoms with Crippen LogP contribution in [0, 0.1) is 0 Å². The van der Waals surface area contributed by atoms with Gasteiger partial charge >= 0.3 is 0 Å². The molecule has 0 aromatic carbocycles. The fraction of sp³-hybridized carbons (Fsp3) is 1.00. The van der Waals surface area contributed by atoms with Crippen LogP contribution in [0.5, 0.6) is 0 Å². The van der Waals surface area contributed by atoms with Gasteiger partial charge in [0.15, 0.2) is 0 Å². The van der Waals surface area contributed by atoms with E-state index in [1.54, 1.807) is 0 Å². The Morgan fingerprint density at radius 2 is 2.40 bits per heavy atom. The second-order valence-corrected chi connectivity index (χ2v) is 2.86. The summed E-state index contributed by atoms with van der Waals surface area (Å²) in [5.41, 5.74) is 5.49. The van der Waals surface area contributed by atoms with Crippen LogP contribution in [0.25, 0.3) is 0 Å². The van der Waals surface area contributed by atoms with Crippen LogP contribution in [-0.2, 0) is 0 Å². The molecule has 1 aliphatic rings. The first kappa shape index (κ1) is 7.95. The van der Waals surface area contributed by atoms with Crippen molar-refractivity contribution in [3.8, 4) is 0 Å². The Hall–Kier alpha value is -0.150. The molecule has 0 bridgehead atoms. The van der Waals surface area contributed by atoms with Crippen LogP contribution in [0.4, 0.5) is 4.39 Å². The number of likely N-dealkylation sites (tertiary alicyclic amines) is 1. The molecule has 2 atom stereocenters. The highest BCUT2D eigenvalue weighted by molar-refractivity contribution is 4.81. The fourth-order valence-electron chi connectivity index (χ4n) is 1.27. The normalized spacial score (nSPS) is 36.3. The molecule has 1 heterocycles. The van der Waals surface area contributed by atoms with Crippen LogP contribution in [0.15, 0.2) is 0 Å². The number of hydrogen-bond acceptors (Lipinski definition) is 2. The highest BCUT2D eigenvalue weighted by atomic mass is 19.1. The summed E-state index contributed by atoms with van der Waals surface area (Å²) in [5.74, 6) is 0. The van der Waals surface area contributed by atoms with Crippen LogP contribution in [0.2, 0.25) is 0 Å². The van der Waals surface area contributed by atoms with Crippen molar-refractivity contribution in [1.29, 1.82) is 0 Å². The van der Waals surface area contributed by atoms with Crippen molar-refractivity contribution in [3.63, 3.8) is 0 Å². The van der Waals surface area contributed by atoms with Crippen molar-refractivity contribution < 1.29 is 4.39 Å². The van der Waals surface area contributed by atoms with E-state index >= 15 is 0 Å². The molecule has 1 saturated heterocycles. The molecule has 1 rings (SSSR count). The van der Waals surface area contributed by atoms with Crippen LogP contribution in [0.1, 0.15) is 13.3 Å². The van der Waals surface area contributed by atoms with E-state index in [0.29, 0.717) is 6.54 Å². The lowest BCUT2D eigenvalue weighted by molar-refractivity contribution is 0.124. The van der Waals surface area contributed by atoms with E-state index in [1.807, 2.05) is 6.92 Å². The van der Waals surface area contributed by atoms with E-state index in [-0.39, 0.29) is 6.04 Å². The number of piperidine rings is 1. The Morgan fingerprint density at radius 1 is 1.70 bits per heavy atom. The molecule has 2 N–H and O–H groups in total. The van der Waals surface area contributed by atoms with E-state index in [2.05, 4.69) is 4.90 Å². The molecule has 0 amide bonds. The summed E-state index contributed by atoms with van der Waals surface area (Å²) >= 11 is 0. The maximum Gasteiger partial charge on any atom is 0.128 e. The van der Waals surface area contributed by atoms with Crippen molar-refractivity contribution >= 4 is 0 Å². The van der Waals surface area contributed by atoms with Gasteiger partial charge in [0.05, 0.1) is 0 Å². The molecule has 3 heteroatoms. The molecule has 0 aromatic heterocycles. The van der Waals surface area contributed by atoms with Gasteiger partial charge < -0.3 is 10.6 Å². The van der Waals surface area contributed by atoms with Crippen LogP contribution >= 0.6 is 0 Å². The van der Waals surface area contributed by atoms with Crippen LogP contribution in [-0.4, -0.2) is 36.7 Å². The predicted octanol–water partition coefficient (Wildman–Crippen LogP) is 0.377. The summed E-state index contributed by atoms with van der Waals surface area (Å²) in [6.45, 7) is 4.46. The van der Waals surface area contributed by atoms with E-state index in [4.69, 9.17) is 5.73 Å². The van der Waals surface area contributed by atoms with Crippen LogP contribution in [0.3, 0.4) is 0 Å². The molecule has 0 unspecified atom stereocenters. The zero-order valence-corrected chi connectivity index (χ0v) is 6.39. The molecule has 1 aliphatic heterocycles. The monoisotopic (exact) mass is 146 g/mol. The SMILES string of the molecule is CCN1CC[C@@H](N)[C@H](F)C1. The summed E-state index contributed by atoms with van der Waals surface area (Å²) in [6.07, 6.45) is -0.0108. The molecule has 0 saturated carbocycles. The van der Waals surface area contributed by atoms with Crippen molar-refractivity contribution in [3.05, 3.63) is 0 Å². The Labute approximate surface area is 61.2 Å². The molecule has 2 nitrogen and oxygen atoms in total. The molecule has 60 valence electrons. The van der Waals surface area contributed by atoms with Gasteiger partial charge in [-0.2, -0.15) is 0 Å². The van der Waals surface area contributed by atoms with Gasteiger partial charge in [0.25, 0.3) is 0 Å². The standard InChI is InChI=1S/C7H15FN2/c1-2-10-4-3-7(9)6(8)5-10/h6-7H,2-5,9H2,1H3/t6-,7-/m1/s1. The topological polar surface area (TPSA) is 29.3 Å². The molecule has 10 heavy (non-hydrogen) atoms. The minimum absolute atomic E-state index is 0.220. The number of rotatable bonds is 1. The number of halogens is 1. The average molecular weight is 146 g/mol. The molecule has 0 radical (unpaired) electrons. The zero-order valence-electron chi connectivity index (χ0n) is 6.39. The molecule has 0 aliphatic carbocycles. The highest BCUT2D eigenvalue weighted by Crippen LogP contribution is 2.11. The summed E-state index contributed by atoms with van der Waals surface area (Å²) in [7, 11) is 0. The largest absolute Gasteiger partial charge is 0.325 e. The van der Waals surface area contributed by atoms with Gasteiger partial charge in [0.2, 0.25) is 0 Å². The third kappa shape index (κ3) is 1.67. The lowest BCUT2D eigenvalue weighted by Gasteiger charge is -2.31. The van der Waals surface area contributed by atoms with Gasteiger partial charge in [-0.25, -0.2) is 4.39 Å². The Kier molecular flexibility index (Phi) is 2.63. The first-order valence-corrected chi connectivity index (χ1v) is 3.86. The molecular formula is C7H15FN2. The molecule has 0 aromatic rings. The van der Waals surface area contributed by atoms with Gasteiger partial charge in [0, 0.05) is 12.6 Å². The van der Waals surface area contributed by atoms with Crippen molar-refractivity contribution in [2.45, 2.75) is 25.6 Å². The van der Waals surface area contributed by atoms with E-state index in [1.165, 1.54) is 0 Å². The third-order valence-corrected chi connectivity index (χ3v) is 2.12. The summed E-state index contributed by atoms with van der Waals surface area (Å²) in [5, 5.41) is 0. The molecule has 0 spiro atoms. The van der Waals surface area contributed by atoms with Gasteiger partial charge in [-0.15, -0.1) is 0 Å².